The van der Waals surface area contributed by atoms with Gasteiger partial charge in [-0.1, -0.05) is 23.7 Å². The minimum absolute atomic E-state index is 0.473. The first-order valence-corrected chi connectivity index (χ1v) is 8.78. The highest BCUT2D eigenvalue weighted by Gasteiger charge is 2.51. The maximum Gasteiger partial charge on any atom is 0.0406 e. The molecule has 0 aromatic heterocycles. The van der Waals surface area contributed by atoms with Gasteiger partial charge in [-0.05, 0) is 62.3 Å². The fraction of sp³-hybridized carbons (Fsp3) is 0.667. The zero-order valence-electron chi connectivity index (χ0n) is 12.8. The van der Waals surface area contributed by atoms with Gasteiger partial charge in [-0.15, -0.1) is 0 Å². The second-order valence-corrected chi connectivity index (χ2v) is 7.81. The third kappa shape index (κ3) is 2.52. The Kier molecular flexibility index (Phi) is 3.52. The fourth-order valence-electron chi connectivity index (χ4n) is 4.76. The molecule has 4 rings (SSSR count). The quantitative estimate of drug-likeness (QED) is 0.897. The van der Waals surface area contributed by atoms with Gasteiger partial charge in [0.1, 0.15) is 0 Å². The topological polar surface area (TPSA) is 15.3 Å². The average Bonchev–Trinajstić information content (AvgIpc) is 3.26. The first kappa shape index (κ1) is 14.0. The molecule has 0 radical (unpaired) electrons. The third-order valence-corrected chi connectivity index (χ3v) is 6.19. The second kappa shape index (κ2) is 5.26. The first-order chi connectivity index (χ1) is 10.2. The van der Waals surface area contributed by atoms with Crippen LogP contribution < -0.4 is 5.32 Å². The van der Waals surface area contributed by atoms with Crippen molar-refractivity contribution in [1.29, 1.82) is 0 Å². The van der Waals surface area contributed by atoms with Crippen molar-refractivity contribution in [3.63, 3.8) is 0 Å². The molecule has 114 valence electrons. The van der Waals surface area contributed by atoms with E-state index in [4.69, 9.17) is 11.6 Å². The molecule has 2 saturated heterocycles. The van der Waals surface area contributed by atoms with Crippen LogP contribution in [0.3, 0.4) is 0 Å². The molecule has 1 saturated carbocycles. The number of halogens is 1. The zero-order chi connectivity index (χ0) is 14.4. The molecule has 3 fully saturated rings. The van der Waals surface area contributed by atoms with Crippen molar-refractivity contribution in [2.75, 3.05) is 19.6 Å². The molecule has 1 aromatic carbocycles. The van der Waals surface area contributed by atoms with Crippen molar-refractivity contribution >= 4 is 11.6 Å². The molecule has 3 aliphatic rings. The van der Waals surface area contributed by atoms with Gasteiger partial charge in [0.25, 0.3) is 0 Å². The van der Waals surface area contributed by atoms with Crippen LogP contribution in [0.4, 0.5) is 0 Å². The molecule has 2 aliphatic heterocycles. The Bertz CT molecular complexity index is 510. The number of nitrogens with zero attached hydrogens (tertiary/aromatic N) is 1. The van der Waals surface area contributed by atoms with E-state index >= 15 is 0 Å². The summed E-state index contributed by atoms with van der Waals surface area (Å²) in [7, 11) is 0. The Morgan fingerprint density at radius 1 is 1.24 bits per heavy atom. The number of nitrogens with one attached hydrogen (secondary N) is 1. The largest absolute Gasteiger partial charge is 0.316 e. The highest BCUT2D eigenvalue weighted by molar-refractivity contribution is 6.30. The Morgan fingerprint density at radius 3 is 2.71 bits per heavy atom. The molecule has 0 bridgehead atoms. The Balaban J connectivity index is 1.63. The summed E-state index contributed by atoms with van der Waals surface area (Å²) in [6.07, 6.45) is 5.51. The molecular weight excluding hydrogens is 280 g/mol. The summed E-state index contributed by atoms with van der Waals surface area (Å²) in [6.45, 7) is 6.03. The fourth-order valence-corrected chi connectivity index (χ4v) is 4.89. The van der Waals surface area contributed by atoms with Crippen molar-refractivity contribution in [2.45, 2.75) is 50.6 Å². The number of likely N-dealkylation sites (tertiary alicyclic amines) is 1. The van der Waals surface area contributed by atoms with E-state index in [2.05, 4.69) is 41.4 Å². The molecule has 1 spiro atoms. The maximum absolute atomic E-state index is 6.07. The van der Waals surface area contributed by atoms with Gasteiger partial charge in [0.05, 0.1) is 0 Å². The first-order valence-electron chi connectivity index (χ1n) is 8.40. The summed E-state index contributed by atoms with van der Waals surface area (Å²) in [5.74, 6) is 0.634. The van der Waals surface area contributed by atoms with E-state index in [1.54, 1.807) is 0 Å². The molecule has 1 N–H and O–H groups in total. The molecule has 3 heteroatoms. The number of hydrogen-bond donors (Lipinski definition) is 1. The summed E-state index contributed by atoms with van der Waals surface area (Å²) in [6, 6.07) is 10.2. The summed E-state index contributed by atoms with van der Waals surface area (Å²) in [5.41, 5.74) is 1.94. The summed E-state index contributed by atoms with van der Waals surface area (Å²) < 4.78 is 0. The van der Waals surface area contributed by atoms with Crippen LogP contribution in [0, 0.1) is 5.41 Å². The lowest BCUT2D eigenvalue weighted by Crippen LogP contribution is -2.45. The van der Waals surface area contributed by atoms with Crippen LogP contribution in [0.15, 0.2) is 24.3 Å². The van der Waals surface area contributed by atoms with E-state index < -0.39 is 0 Å². The van der Waals surface area contributed by atoms with E-state index in [0.29, 0.717) is 11.3 Å². The van der Waals surface area contributed by atoms with E-state index in [1.807, 2.05) is 0 Å². The van der Waals surface area contributed by atoms with Crippen molar-refractivity contribution in [2.24, 2.45) is 5.41 Å². The molecule has 0 amide bonds. The molecular formula is C18H25ClN2. The number of hydrogen-bond acceptors (Lipinski definition) is 2. The lowest BCUT2D eigenvalue weighted by Gasteiger charge is -2.42. The van der Waals surface area contributed by atoms with Gasteiger partial charge >= 0.3 is 0 Å². The molecule has 21 heavy (non-hydrogen) atoms. The minimum atomic E-state index is 0.473. The molecule has 1 aromatic rings. The van der Waals surface area contributed by atoms with Gasteiger partial charge in [-0.3, -0.25) is 4.90 Å². The van der Waals surface area contributed by atoms with Gasteiger partial charge in [0, 0.05) is 36.1 Å². The van der Waals surface area contributed by atoms with Crippen LogP contribution in [0.1, 0.15) is 44.1 Å². The maximum atomic E-state index is 6.07. The van der Waals surface area contributed by atoms with Crippen LogP contribution in [-0.4, -0.2) is 36.6 Å². The van der Waals surface area contributed by atoms with Gasteiger partial charge in [-0.2, -0.15) is 0 Å². The zero-order valence-corrected chi connectivity index (χ0v) is 13.6. The Morgan fingerprint density at radius 2 is 2.00 bits per heavy atom. The molecule has 3 atom stereocenters. The van der Waals surface area contributed by atoms with Crippen molar-refractivity contribution in [1.82, 2.24) is 10.2 Å². The van der Waals surface area contributed by atoms with Crippen LogP contribution >= 0.6 is 11.6 Å². The standard InChI is InChI=1S/C18H25ClN2/c1-13-10-18(12-21(13)16-6-7-16)8-9-20-11-17(18)14-2-4-15(19)5-3-14/h2-5,13,16-17,20H,6-12H2,1H3. The van der Waals surface area contributed by atoms with Gasteiger partial charge in [0.2, 0.25) is 0 Å². The highest BCUT2D eigenvalue weighted by Crippen LogP contribution is 2.52. The van der Waals surface area contributed by atoms with E-state index in [9.17, 15) is 0 Å². The predicted octanol–water partition coefficient (Wildman–Crippen LogP) is 3.66. The van der Waals surface area contributed by atoms with Crippen molar-refractivity contribution in [3.05, 3.63) is 34.9 Å². The lowest BCUT2D eigenvalue weighted by atomic mass is 9.66. The average molecular weight is 305 g/mol. The monoisotopic (exact) mass is 304 g/mol. The van der Waals surface area contributed by atoms with Gasteiger partial charge < -0.3 is 5.32 Å². The van der Waals surface area contributed by atoms with Gasteiger partial charge in [0.15, 0.2) is 0 Å². The molecule has 3 unspecified atom stereocenters. The third-order valence-electron chi connectivity index (χ3n) is 5.94. The summed E-state index contributed by atoms with van der Waals surface area (Å²) in [4.78, 5) is 2.80. The normalized spacial score (nSPS) is 37.2. The van der Waals surface area contributed by atoms with E-state index in [1.165, 1.54) is 44.3 Å². The summed E-state index contributed by atoms with van der Waals surface area (Å²) >= 11 is 6.07. The number of rotatable bonds is 2. The summed E-state index contributed by atoms with van der Waals surface area (Å²) in [5, 5.41) is 4.47. The van der Waals surface area contributed by atoms with Crippen LogP contribution in [0.25, 0.3) is 0 Å². The minimum Gasteiger partial charge on any atom is -0.316 e. The number of benzene rings is 1. The SMILES string of the molecule is CC1CC2(CCNCC2c2ccc(Cl)cc2)CN1C1CC1. The van der Waals surface area contributed by atoms with Crippen LogP contribution in [0.5, 0.6) is 0 Å². The lowest BCUT2D eigenvalue weighted by molar-refractivity contribution is 0.159. The molecule has 1 aliphatic carbocycles. The van der Waals surface area contributed by atoms with E-state index in [0.717, 1.165) is 23.7 Å². The Hall–Kier alpha value is -0.570. The number of piperidine rings is 1. The molecule has 2 nitrogen and oxygen atoms in total. The predicted molar refractivity (Wildman–Crippen MR) is 87.9 cm³/mol. The van der Waals surface area contributed by atoms with Crippen LogP contribution in [0.2, 0.25) is 5.02 Å². The van der Waals surface area contributed by atoms with Crippen molar-refractivity contribution < 1.29 is 0 Å². The smallest absolute Gasteiger partial charge is 0.0406 e. The van der Waals surface area contributed by atoms with Gasteiger partial charge in [-0.25, -0.2) is 0 Å². The van der Waals surface area contributed by atoms with E-state index in [-0.39, 0.29) is 0 Å². The Labute approximate surface area is 132 Å². The van der Waals surface area contributed by atoms with Crippen molar-refractivity contribution in [3.8, 4) is 0 Å². The highest BCUT2D eigenvalue weighted by atomic mass is 35.5. The second-order valence-electron chi connectivity index (χ2n) is 7.38. The molecule has 2 heterocycles. The van der Waals surface area contributed by atoms with Crippen LogP contribution in [-0.2, 0) is 0 Å².